The zero-order valence-electron chi connectivity index (χ0n) is 12.0. The second-order valence-corrected chi connectivity index (χ2v) is 5.74. The molecule has 1 aromatic carbocycles. The maximum Gasteiger partial charge on any atom is 0.337 e. The number of carbonyl (C=O) groups is 1. The van der Waals surface area contributed by atoms with E-state index in [9.17, 15) is 4.79 Å². The summed E-state index contributed by atoms with van der Waals surface area (Å²) in [6.07, 6.45) is 2.97. The smallest absolute Gasteiger partial charge is 0.337 e. The predicted octanol–water partition coefficient (Wildman–Crippen LogP) is 3.42. The number of fused-ring (bicyclic) bond motifs is 1. The third-order valence-electron chi connectivity index (χ3n) is 4.34. The average molecular weight is 272 g/mol. The second-order valence-electron chi connectivity index (χ2n) is 5.74. The number of rotatable bonds is 2. The number of hydrogen-bond donors (Lipinski definition) is 0. The second kappa shape index (κ2) is 5.31. The van der Waals surface area contributed by atoms with E-state index in [-0.39, 0.29) is 12.1 Å². The van der Waals surface area contributed by atoms with Crippen molar-refractivity contribution in [1.29, 1.82) is 0 Å². The molecule has 1 aromatic rings. The molecule has 106 valence electrons. The standard InChI is InChI=1S/C17H20O3/c1-11-8-14-9-13(12-6-4-3-5-7-12)10-15(16(14)20-11)17(18)19-2/h3-7,11,13-14H,8-10H2,1-2H3. The molecule has 2 aliphatic rings. The number of esters is 1. The SMILES string of the molecule is COC(=O)C1=C2OC(C)CC2CC(c2ccccc2)C1. The van der Waals surface area contributed by atoms with Gasteiger partial charge in [-0.15, -0.1) is 0 Å². The molecule has 3 atom stereocenters. The van der Waals surface area contributed by atoms with Crippen molar-refractivity contribution in [3.63, 3.8) is 0 Å². The van der Waals surface area contributed by atoms with Crippen LogP contribution in [0.2, 0.25) is 0 Å². The van der Waals surface area contributed by atoms with Gasteiger partial charge in [-0.2, -0.15) is 0 Å². The third kappa shape index (κ3) is 2.33. The Labute approximate surface area is 119 Å². The number of benzene rings is 1. The lowest BCUT2D eigenvalue weighted by molar-refractivity contribution is -0.136. The van der Waals surface area contributed by atoms with Gasteiger partial charge in [-0.25, -0.2) is 4.79 Å². The summed E-state index contributed by atoms with van der Waals surface area (Å²) in [6.45, 7) is 2.07. The molecular formula is C17H20O3. The van der Waals surface area contributed by atoms with Crippen LogP contribution in [-0.4, -0.2) is 19.2 Å². The van der Waals surface area contributed by atoms with E-state index in [1.807, 2.05) is 6.07 Å². The van der Waals surface area contributed by atoms with E-state index in [4.69, 9.17) is 9.47 Å². The maximum atomic E-state index is 12.0. The maximum absolute atomic E-state index is 12.0. The van der Waals surface area contributed by atoms with Crippen LogP contribution < -0.4 is 0 Å². The summed E-state index contributed by atoms with van der Waals surface area (Å²) in [7, 11) is 1.44. The Bertz CT molecular complexity index is 532. The molecular weight excluding hydrogens is 252 g/mol. The van der Waals surface area contributed by atoms with Gasteiger partial charge in [0.1, 0.15) is 5.76 Å². The van der Waals surface area contributed by atoms with Crippen LogP contribution in [0.4, 0.5) is 0 Å². The third-order valence-corrected chi connectivity index (χ3v) is 4.34. The fourth-order valence-corrected chi connectivity index (χ4v) is 3.45. The molecule has 20 heavy (non-hydrogen) atoms. The lowest BCUT2D eigenvalue weighted by Crippen LogP contribution is -2.21. The molecule has 0 spiro atoms. The molecule has 3 unspecified atom stereocenters. The molecule has 0 radical (unpaired) electrons. The molecule has 0 saturated carbocycles. The number of allylic oxidation sites excluding steroid dienone is 1. The zero-order chi connectivity index (χ0) is 14.1. The Morgan fingerprint density at radius 1 is 1.20 bits per heavy atom. The van der Waals surface area contributed by atoms with E-state index < -0.39 is 0 Å². The Hall–Kier alpha value is -1.77. The lowest BCUT2D eigenvalue weighted by Gasteiger charge is -2.28. The molecule has 1 fully saturated rings. The van der Waals surface area contributed by atoms with Gasteiger partial charge in [0.15, 0.2) is 0 Å². The number of carbonyl (C=O) groups excluding carboxylic acids is 1. The van der Waals surface area contributed by atoms with Crippen LogP contribution in [0.25, 0.3) is 0 Å². The van der Waals surface area contributed by atoms with Crippen LogP contribution in [0, 0.1) is 5.92 Å². The molecule has 0 amide bonds. The Kier molecular flexibility index (Phi) is 3.51. The highest BCUT2D eigenvalue weighted by Gasteiger charge is 2.39. The van der Waals surface area contributed by atoms with Crippen molar-refractivity contribution >= 4 is 5.97 Å². The first-order chi connectivity index (χ1) is 9.69. The van der Waals surface area contributed by atoms with Gasteiger partial charge in [0.05, 0.1) is 18.8 Å². The Balaban J connectivity index is 1.93. The number of methoxy groups -OCH3 is 1. The fourth-order valence-electron chi connectivity index (χ4n) is 3.45. The minimum Gasteiger partial charge on any atom is -0.494 e. The van der Waals surface area contributed by atoms with E-state index in [1.165, 1.54) is 12.7 Å². The highest BCUT2D eigenvalue weighted by atomic mass is 16.5. The van der Waals surface area contributed by atoms with Crippen LogP contribution in [0.5, 0.6) is 0 Å². The predicted molar refractivity (Wildman–Crippen MR) is 76.1 cm³/mol. The van der Waals surface area contributed by atoms with Gasteiger partial charge in [-0.3, -0.25) is 0 Å². The van der Waals surface area contributed by atoms with Gasteiger partial charge in [0.25, 0.3) is 0 Å². The molecule has 1 heterocycles. The van der Waals surface area contributed by atoms with Gasteiger partial charge in [-0.1, -0.05) is 30.3 Å². The Morgan fingerprint density at radius 3 is 2.65 bits per heavy atom. The molecule has 1 aliphatic carbocycles. The van der Waals surface area contributed by atoms with Crippen molar-refractivity contribution in [3.05, 3.63) is 47.2 Å². The van der Waals surface area contributed by atoms with E-state index in [1.54, 1.807) is 0 Å². The average Bonchev–Trinajstić information content (AvgIpc) is 2.86. The van der Waals surface area contributed by atoms with Crippen molar-refractivity contribution in [2.75, 3.05) is 7.11 Å². The van der Waals surface area contributed by atoms with E-state index in [0.29, 0.717) is 11.8 Å². The molecule has 0 N–H and O–H groups in total. The van der Waals surface area contributed by atoms with Crippen LogP contribution in [0.1, 0.15) is 37.7 Å². The summed E-state index contributed by atoms with van der Waals surface area (Å²) in [5.41, 5.74) is 2.04. The lowest BCUT2D eigenvalue weighted by atomic mass is 9.77. The minimum absolute atomic E-state index is 0.198. The first-order valence-electron chi connectivity index (χ1n) is 7.22. The number of ether oxygens (including phenoxy) is 2. The summed E-state index contributed by atoms with van der Waals surface area (Å²) in [4.78, 5) is 12.0. The van der Waals surface area contributed by atoms with Gasteiger partial charge in [-0.05, 0) is 37.7 Å². The van der Waals surface area contributed by atoms with Crippen molar-refractivity contribution in [2.24, 2.45) is 5.92 Å². The normalized spacial score (nSPS) is 28.8. The van der Waals surface area contributed by atoms with Crippen LogP contribution in [-0.2, 0) is 14.3 Å². The highest BCUT2D eigenvalue weighted by Crippen LogP contribution is 2.46. The van der Waals surface area contributed by atoms with E-state index >= 15 is 0 Å². The first kappa shape index (κ1) is 13.2. The Morgan fingerprint density at radius 2 is 1.95 bits per heavy atom. The summed E-state index contributed by atoms with van der Waals surface area (Å²) in [6, 6.07) is 10.4. The van der Waals surface area contributed by atoms with Crippen LogP contribution in [0.15, 0.2) is 41.7 Å². The van der Waals surface area contributed by atoms with E-state index in [2.05, 4.69) is 31.2 Å². The van der Waals surface area contributed by atoms with Gasteiger partial charge in [0.2, 0.25) is 0 Å². The zero-order valence-corrected chi connectivity index (χ0v) is 12.0. The first-order valence-corrected chi connectivity index (χ1v) is 7.22. The summed E-state index contributed by atoms with van der Waals surface area (Å²) in [5.74, 6) is 1.39. The molecule has 0 aromatic heterocycles. The monoisotopic (exact) mass is 272 g/mol. The minimum atomic E-state index is -0.236. The quantitative estimate of drug-likeness (QED) is 0.774. The highest BCUT2D eigenvalue weighted by molar-refractivity contribution is 5.89. The molecule has 0 bridgehead atoms. The molecule has 3 heteroatoms. The van der Waals surface area contributed by atoms with Crippen molar-refractivity contribution in [2.45, 2.75) is 38.2 Å². The molecule has 1 aliphatic heterocycles. The molecule has 3 rings (SSSR count). The molecule has 3 nitrogen and oxygen atoms in total. The summed E-state index contributed by atoms with van der Waals surface area (Å²) < 4.78 is 10.8. The topological polar surface area (TPSA) is 35.5 Å². The van der Waals surface area contributed by atoms with Crippen LogP contribution in [0.3, 0.4) is 0 Å². The largest absolute Gasteiger partial charge is 0.494 e. The van der Waals surface area contributed by atoms with Crippen molar-refractivity contribution in [3.8, 4) is 0 Å². The molecule has 1 saturated heterocycles. The summed E-state index contributed by atoms with van der Waals surface area (Å²) in [5, 5.41) is 0. The van der Waals surface area contributed by atoms with Crippen molar-refractivity contribution in [1.82, 2.24) is 0 Å². The van der Waals surface area contributed by atoms with E-state index in [0.717, 1.165) is 30.6 Å². The number of hydrogen-bond acceptors (Lipinski definition) is 3. The van der Waals surface area contributed by atoms with Crippen molar-refractivity contribution < 1.29 is 14.3 Å². The van der Waals surface area contributed by atoms with Gasteiger partial charge >= 0.3 is 5.97 Å². The summed E-state index contributed by atoms with van der Waals surface area (Å²) >= 11 is 0. The van der Waals surface area contributed by atoms with Crippen LogP contribution >= 0.6 is 0 Å². The fraction of sp³-hybridized carbons (Fsp3) is 0.471. The van der Waals surface area contributed by atoms with Gasteiger partial charge in [0, 0.05) is 5.92 Å². The van der Waals surface area contributed by atoms with Gasteiger partial charge < -0.3 is 9.47 Å².